The normalized spacial score (nSPS) is 12.1. The van der Waals surface area contributed by atoms with Gasteiger partial charge in [-0.25, -0.2) is 14.8 Å². The Bertz CT molecular complexity index is 983. The van der Waals surface area contributed by atoms with Crippen LogP contribution in [0.1, 0.15) is 39.1 Å². The number of carbonyl (C=O) groups excluding carboxylic acids is 1. The first-order valence-electron chi connectivity index (χ1n) is 10.2. The molecular formula is C22H29N7O2. The summed E-state index contributed by atoms with van der Waals surface area (Å²) in [6.45, 7) is 5.91. The molecule has 1 atom stereocenters. The maximum atomic E-state index is 12.0. The van der Waals surface area contributed by atoms with E-state index in [2.05, 4.69) is 36.1 Å². The molecule has 0 bridgehead atoms. The van der Waals surface area contributed by atoms with Crippen LogP contribution in [0.2, 0.25) is 0 Å². The van der Waals surface area contributed by atoms with E-state index in [1.807, 2.05) is 70.3 Å². The van der Waals surface area contributed by atoms with Crippen molar-refractivity contribution in [2.45, 2.75) is 38.8 Å². The molecule has 0 fully saturated rings. The number of alkyl carbamates (subject to hydrolysis) is 1. The Morgan fingerprint density at radius 1 is 1.19 bits per heavy atom. The van der Waals surface area contributed by atoms with Gasteiger partial charge in [0, 0.05) is 31.0 Å². The van der Waals surface area contributed by atoms with Crippen LogP contribution in [0.4, 0.5) is 16.3 Å². The second-order valence-electron chi connectivity index (χ2n) is 8.00. The summed E-state index contributed by atoms with van der Waals surface area (Å²) in [5, 5.41) is 16.7. The summed E-state index contributed by atoms with van der Waals surface area (Å²) in [6, 6.07) is 13.4. The fourth-order valence-corrected chi connectivity index (χ4v) is 2.91. The van der Waals surface area contributed by atoms with Gasteiger partial charge in [0.1, 0.15) is 17.2 Å². The van der Waals surface area contributed by atoms with Crippen molar-refractivity contribution in [1.82, 2.24) is 25.5 Å². The fraction of sp³-hybridized carbons (Fsp3) is 0.364. The molecule has 0 saturated carbocycles. The quantitative estimate of drug-likeness (QED) is 0.433. The number of aromatic nitrogens is 4. The molecule has 9 heteroatoms. The highest BCUT2D eigenvalue weighted by atomic mass is 16.6. The number of hydrogen-bond donors (Lipinski definition) is 4. The first kappa shape index (κ1) is 22.1. The van der Waals surface area contributed by atoms with E-state index < -0.39 is 11.7 Å². The van der Waals surface area contributed by atoms with Crippen LogP contribution in [-0.4, -0.2) is 45.5 Å². The number of ether oxygens (including phenoxy) is 1. The minimum absolute atomic E-state index is 0.191. The van der Waals surface area contributed by atoms with Gasteiger partial charge in [0.2, 0.25) is 0 Å². The van der Waals surface area contributed by atoms with Crippen LogP contribution in [0, 0.1) is 0 Å². The molecule has 0 spiro atoms. The molecule has 31 heavy (non-hydrogen) atoms. The average Bonchev–Trinajstić information content (AvgIpc) is 3.23. The van der Waals surface area contributed by atoms with Crippen molar-refractivity contribution in [1.29, 1.82) is 0 Å². The van der Waals surface area contributed by atoms with Crippen LogP contribution in [-0.2, 0) is 4.74 Å². The highest BCUT2D eigenvalue weighted by Gasteiger charge is 2.19. The molecule has 1 aromatic carbocycles. The highest BCUT2D eigenvalue weighted by Crippen LogP contribution is 2.23. The zero-order valence-corrected chi connectivity index (χ0v) is 18.3. The number of para-hydroxylation sites is 1. The standard InChI is InChI=1S/C22H29N7O2/c1-22(2,3)31-21(30)25-13-11-17(26-16-8-6-5-7-9-16)20-27-19(28-29-20)15-10-12-24-18(14-15)23-4/h5-10,12,14,17,26H,11,13H2,1-4H3,(H,23,24)(H,25,30)(H,27,28,29). The molecule has 1 unspecified atom stereocenters. The third-order valence-electron chi connectivity index (χ3n) is 4.32. The predicted octanol–water partition coefficient (Wildman–Crippen LogP) is 3.98. The summed E-state index contributed by atoms with van der Waals surface area (Å²) < 4.78 is 5.31. The van der Waals surface area contributed by atoms with Gasteiger partial charge in [-0.2, -0.15) is 5.10 Å². The molecule has 4 N–H and O–H groups in total. The number of rotatable bonds is 8. The fourth-order valence-electron chi connectivity index (χ4n) is 2.91. The number of nitrogens with zero attached hydrogens (tertiary/aromatic N) is 3. The number of carbonyl (C=O) groups is 1. The van der Waals surface area contributed by atoms with Crippen LogP contribution in [0.5, 0.6) is 0 Å². The van der Waals surface area contributed by atoms with E-state index in [9.17, 15) is 4.79 Å². The van der Waals surface area contributed by atoms with Gasteiger partial charge < -0.3 is 20.7 Å². The maximum absolute atomic E-state index is 12.0. The number of nitrogens with one attached hydrogen (secondary N) is 4. The lowest BCUT2D eigenvalue weighted by molar-refractivity contribution is 0.0526. The van der Waals surface area contributed by atoms with Gasteiger partial charge in [-0.05, 0) is 51.5 Å². The van der Waals surface area contributed by atoms with Crippen LogP contribution in [0.3, 0.4) is 0 Å². The molecule has 0 aliphatic heterocycles. The van der Waals surface area contributed by atoms with E-state index in [1.54, 1.807) is 6.20 Å². The number of anilines is 2. The molecule has 2 heterocycles. The molecular weight excluding hydrogens is 394 g/mol. The van der Waals surface area contributed by atoms with Gasteiger partial charge in [0.05, 0.1) is 6.04 Å². The summed E-state index contributed by atoms with van der Waals surface area (Å²) in [5.74, 6) is 1.99. The van der Waals surface area contributed by atoms with Crippen molar-refractivity contribution in [3.63, 3.8) is 0 Å². The van der Waals surface area contributed by atoms with Crippen LogP contribution >= 0.6 is 0 Å². The Morgan fingerprint density at radius 2 is 1.97 bits per heavy atom. The molecule has 2 aromatic heterocycles. The molecule has 0 saturated heterocycles. The first-order valence-corrected chi connectivity index (χ1v) is 10.2. The van der Waals surface area contributed by atoms with Gasteiger partial charge in [-0.15, -0.1) is 0 Å². The zero-order valence-electron chi connectivity index (χ0n) is 18.3. The Hall–Kier alpha value is -3.62. The smallest absolute Gasteiger partial charge is 0.407 e. The van der Waals surface area contributed by atoms with Crippen LogP contribution in [0.15, 0.2) is 48.7 Å². The van der Waals surface area contributed by atoms with Crippen LogP contribution in [0.25, 0.3) is 11.4 Å². The molecule has 3 rings (SSSR count). The van der Waals surface area contributed by atoms with Gasteiger partial charge in [0.25, 0.3) is 0 Å². The number of benzene rings is 1. The lowest BCUT2D eigenvalue weighted by Crippen LogP contribution is -2.34. The van der Waals surface area contributed by atoms with Crippen molar-refractivity contribution in [2.75, 3.05) is 24.2 Å². The summed E-state index contributed by atoms with van der Waals surface area (Å²) in [4.78, 5) is 20.9. The number of amides is 1. The molecule has 0 aliphatic rings. The Balaban J connectivity index is 1.73. The third-order valence-corrected chi connectivity index (χ3v) is 4.32. The number of hydrogen-bond acceptors (Lipinski definition) is 7. The minimum atomic E-state index is -0.539. The van der Waals surface area contributed by atoms with Gasteiger partial charge in [-0.3, -0.25) is 5.10 Å². The van der Waals surface area contributed by atoms with E-state index in [0.717, 1.165) is 17.1 Å². The third kappa shape index (κ3) is 6.70. The molecule has 164 valence electrons. The van der Waals surface area contributed by atoms with Crippen LogP contribution < -0.4 is 16.0 Å². The monoisotopic (exact) mass is 423 g/mol. The predicted molar refractivity (Wildman–Crippen MR) is 121 cm³/mol. The van der Waals surface area contributed by atoms with E-state index in [1.165, 1.54) is 0 Å². The highest BCUT2D eigenvalue weighted by molar-refractivity contribution is 5.67. The lowest BCUT2D eigenvalue weighted by Gasteiger charge is -2.21. The molecule has 3 aromatic rings. The SMILES string of the molecule is CNc1cc(-c2n[nH]c(C(CCNC(=O)OC(C)(C)C)Nc3ccccc3)n2)ccn1. The number of H-pyrrole nitrogens is 1. The summed E-state index contributed by atoms with van der Waals surface area (Å²) in [5.41, 5.74) is 1.26. The largest absolute Gasteiger partial charge is 0.444 e. The van der Waals surface area contributed by atoms with E-state index in [0.29, 0.717) is 24.6 Å². The lowest BCUT2D eigenvalue weighted by atomic mass is 10.1. The molecule has 0 radical (unpaired) electrons. The van der Waals surface area contributed by atoms with Gasteiger partial charge in [0.15, 0.2) is 5.82 Å². The van der Waals surface area contributed by atoms with Crippen molar-refractivity contribution in [2.24, 2.45) is 0 Å². The summed E-state index contributed by atoms with van der Waals surface area (Å²) in [7, 11) is 1.81. The average molecular weight is 424 g/mol. The van der Waals surface area contributed by atoms with Gasteiger partial charge >= 0.3 is 6.09 Å². The minimum Gasteiger partial charge on any atom is -0.444 e. The van der Waals surface area contributed by atoms with Crippen molar-refractivity contribution >= 4 is 17.6 Å². The molecule has 9 nitrogen and oxygen atoms in total. The second-order valence-corrected chi connectivity index (χ2v) is 8.00. The Labute approximate surface area is 182 Å². The van der Waals surface area contributed by atoms with E-state index >= 15 is 0 Å². The maximum Gasteiger partial charge on any atom is 0.407 e. The van der Waals surface area contributed by atoms with E-state index in [4.69, 9.17) is 4.74 Å². The summed E-state index contributed by atoms with van der Waals surface area (Å²) >= 11 is 0. The summed E-state index contributed by atoms with van der Waals surface area (Å²) in [6.07, 6.45) is 1.85. The molecule has 1 amide bonds. The topological polar surface area (TPSA) is 117 Å². The zero-order chi connectivity index (χ0) is 22.3. The second kappa shape index (κ2) is 9.92. The van der Waals surface area contributed by atoms with Gasteiger partial charge in [-0.1, -0.05) is 18.2 Å². The molecule has 0 aliphatic carbocycles. The number of pyridine rings is 1. The Morgan fingerprint density at radius 3 is 2.68 bits per heavy atom. The van der Waals surface area contributed by atoms with E-state index in [-0.39, 0.29) is 6.04 Å². The first-order chi connectivity index (χ1) is 14.8. The van der Waals surface area contributed by atoms with Crippen molar-refractivity contribution < 1.29 is 9.53 Å². The van der Waals surface area contributed by atoms with Crippen molar-refractivity contribution in [3.05, 3.63) is 54.5 Å². The van der Waals surface area contributed by atoms with Crippen molar-refractivity contribution in [3.8, 4) is 11.4 Å². The number of aromatic amines is 1. The Kier molecular flexibility index (Phi) is 7.07.